The maximum Gasteiger partial charge on any atom is 0.323 e. The first-order chi connectivity index (χ1) is 13.4. The van der Waals surface area contributed by atoms with E-state index in [1.165, 1.54) is 31.4 Å². The Morgan fingerprint density at radius 1 is 1.04 bits per heavy atom. The predicted molar refractivity (Wildman–Crippen MR) is 105 cm³/mol. The van der Waals surface area contributed by atoms with Gasteiger partial charge in [-0.25, -0.2) is 0 Å². The van der Waals surface area contributed by atoms with E-state index < -0.39 is 10.1 Å². The predicted octanol–water partition coefficient (Wildman–Crippen LogP) is 3.19. The number of esters is 1. The Morgan fingerprint density at radius 2 is 1.68 bits per heavy atom. The molecule has 6 nitrogen and oxygen atoms in total. The molecule has 2 aromatic carbocycles. The minimum Gasteiger partial charge on any atom is -0.460 e. The zero-order valence-electron chi connectivity index (χ0n) is 15.5. The second kappa shape index (κ2) is 9.32. The SMILES string of the molecule is O=C(OCc1ccccc1)[C@@H]1C[C@H]2CCC[C@H]2N1.O=S(=O)(O)c1ccccc1. The number of hydrogen-bond acceptors (Lipinski definition) is 5. The largest absolute Gasteiger partial charge is 0.460 e. The summed E-state index contributed by atoms with van der Waals surface area (Å²) in [6.07, 6.45) is 4.74. The summed E-state index contributed by atoms with van der Waals surface area (Å²) in [6.45, 7) is 0.382. The Labute approximate surface area is 165 Å². The van der Waals surface area contributed by atoms with Gasteiger partial charge in [-0.15, -0.1) is 0 Å². The number of rotatable bonds is 4. The molecule has 1 saturated heterocycles. The monoisotopic (exact) mass is 403 g/mol. The van der Waals surface area contributed by atoms with Crippen molar-refractivity contribution in [1.29, 1.82) is 0 Å². The lowest BCUT2D eigenvalue weighted by Gasteiger charge is -2.12. The molecule has 1 aliphatic heterocycles. The maximum absolute atomic E-state index is 12.0. The topological polar surface area (TPSA) is 92.7 Å². The zero-order valence-corrected chi connectivity index (χ0v) is 16.3. The standard InChI is InChI=1S/C15H19NO2.C6H6O3S/c17-15(18-10-11-5-2-1-3-6-11)14-9-12-7-4-8-13(12)16-14;7-10(8,9)6-4-2-1-3-5-6/h1-3,5-6,12-14,16H,4,7-10H2;1-5H,(H,7,8,9)/t12-,13-,14+;/m1./s1. The minimum atomic E-state index is -4.00. The van der Waals surface area contributed by atoms with Gasteiger partial charge in [0.25, 0.3) is 10.1 Å². The van der Waals surface area contributed by atoms with Crippen molar-refractivity contribution in [3.05, 3.63) is 66.2 Å². The molecule has 1 heterocycles. The third kappa shape index (κ3) is 5.64. The van der Waals surface area contributed by atoms with Crippen molar-refractivity contribution in [1.82, 2.24) is 5.32 Å². The van der Waals surface area contributed by atoms with E-state index in [-0.39, 0.29) is 16.9 Å². The summed E-state index contributed by atoms with van der Waals surface area (Å²) >= 11 is 0. The van der Waals surface area contributed by atoms with Crippen molar-refractivity contribution in [3.8, 4) is 0 Å². The molecule has 0 spiro atoms. The Morgan fingerprint density at radius 3 is 2.25 bits per heavy atom. The molecule has 3 atom stereocenters. The highest BCUT2D eigenvalue weighted by Crippen LogP contribution is 2.34. The van der Waals surface area contributed by atoms with E-state index in [4.69, 9.17) is 9.29 Å². The van der Waals surface area contributed by atoms with E-state index in [2.05, 4.69) is 5.32 Å². The van der Waals surface area contributed by atoms with Crippen LogP contribution >= 0.6 is 0 Å². The fourth-order valence-electron chi connectivity index (χ4n) is 3.75. The molecule has 1 saturated carbocycles. The summed E-state index contributed by atoms with van der Waals surface area (Å²) in [5.41, 5.74) is 1.05. The Balaban J connectivity index is 0.000000192. The molecule has 0 radical (unpaired) electrons. The van der Waals surface area contributed by atoms with Gasteiger partial charge in [-0.3, -0.25) is 9.35 Å². The molecule has 2 N–H and O–H groups in total. The molecule has 1 aliphatic carbocycles. The Bertz CT molecular complexity index is 858. The van der Waals surface area contributed by atoms with Gasteiger partial charge in [0.1, 0.15) is 12.6 Å². The highest BCUT2D eigenvalue weighted by atomic mass is 32.2. The zero-order chi connectivity index (χ0) is 20.0. The fourth-order valence-corrected chi connectivity index (χ4v) is 4.25. The Kier molecular flexibility index (Phi) is 6.83. The first-order valence-electron chi connectivity index (χ1n) is 9.42. The first kappa shape index (κ1) is 20.5. The van der Waals surface area contributed by atoms with Crippen molar-refractivity contribution < 1.29 is 22.5 Å². The van der Waals surface area contributed by atoms with Crippen LogP contribution in [0.4, 0.5) is 0 Å². The van der Waals surface area contributed by atoms with Gasteiger partial charge in [-0.1, -0.05) is 55.0 Å². The van der Waals surface area contributed by atoms with E-state index >= 15 is 0 Å². The summed E-state index contributed by atoms with van der Waals surface area (Å²) in [5.74, 6) is 0.604. The summed E-state index contributed by atoms with van der Waals surface area (Å²) in [5, 5.41) is 3.41. The van der Waals surface area contributed by atoms with Gasteiger partial charge in [0.05, 0.1) is 4.90 Å². The lowest BCUT2D eigenvalue weighted by Crippen LogP contribution is -2.36. The van der Waals surface area contributed by atoms with E-state index in [0.717, 1.165) is 12.0 Å². The van der Waals surface area contributed by atoms with Crippen LogP contribution in [0.3, 0.4) is 0 Å². The highest BCUT2D eigenvalue weighted by molar-refractivity contribution is 7.85. The summed E-state index contributed by atoms with van der Waals surface area (Å²) < 4.78 is 34.6. The third-order valence-corrected chi connectivity index (χ3v) is 6.03. The molecule has 150 valence electrons. The second-order valence-corrected chi connectivity index (χ2v) is 8.56. The van der Waals surface area contributed by atoms with E-state index in [1.54, 1.807) is 18.2 Å². The van der Waals surface area contributed by atoms with Crippen molar-refractivity contribution >= 4 is 16.1 Å². The molecule has 2 aliphatic rings. The Hall–Kier alpha value is -2.22. The molecule has 7 heteroatoms. The lowest BCUT2D eigenvalue weighted by atomic mass is 10.0. The smallest absolute Gasteiger partial charge is 0.323 e. The van der Waals surface area contributed by atoms with Gasteiger partial charge in [0, 0.05) is 6.04 Å². The second-order valence-electron chi connectivity index (χ2n) is 7.13. The number of fused-ring (bicyclic) bond motifs is 1. The first-order valence-corrected chi connectivity index (χ1v) is 10.9. The fraction of sp³-hybridized carbons (Fsp3) is 0.381. The van der Waals surface area contributed by atoms with Gasteiger partial charge in [0.2, 0.25) is 0 Å². The van der Waals surface area contributed by atoms with E-state index in [1.807, 2.05) is 30.3 Å². The van der Waals surface area contributed by atoms with Crippen molar-refractivity contribution in [2.24, 2.45) is 5.92 Å². The molecule has 2 fully saturated rings. The van der Waals surface area contributed by atoms with Crippen LogP contribution in [0.15, 0.2) is 65.6 Å². The molecule has 0 bridgehead atoms. The van der Waals surface area contributed by atoms with Gasteiger partial charge >= 0.3 is 5.97 Å². The maximum atomic E-state index is 12.0. The molecule has 0 unspecified atom stereocenters. The normalized spacial score (nSPS) is 23.4. The number of ether oxygens (including phenoxy) is 1. The molecule has 4 rings (SSSR count). The van der Waals surface area contributed by atoms with Crippen LogP contribution in [-0.4, -0.2) is 31.0 Å². The number of carbonyl (C=O) groups excluding carboxylic acids is 1. The molecule has 28 heavy (non-hydrogen) atoms. The van der Waals surface area contributed by atoms with Crippen LogP contribution in [-0.2, 0) is 26.3 Å². The van der Waals surface area contributed by atoms with Crippen LogP contribution in [0, 0.1) is 5.92 Å². The molecular weight excluding hydrogens is 378 g/mol. The average molecular weight is 404 g/mol. The average Bonchev–Trinajstić information content (AvgIpc) is 3.30. The van der Waals surface area contributed by atoms with Gasteiger partial charge in [-0.05, 0) is 42.9 Å². The van der Waals surface area contributed by atoms with Crippen LogP contribution in [0.25, 0.3) is 0 Å². The molecule has 0 aromatic heterocycles. The van der Waals surface area contributed by atoms with E-state index in [0.29, 0.717) is 18.6 Å². The number of nitrogens with one attached hydrogen (secondary N) is 1. The lowest BCUT2D eigenvalue weighted by molar-refractivity contribution is -0.147. The summed E-state index contributed by atoms with van der Waals surface area (Å²) in [7, 11) is -4.00. The number of benzene rings is 2. The highest BCUT2D eigenvalue weighted by Gasteiger charge is 2.40. The van der Waals surface area contributed by atoms with Gasteiger partial charge in [0.15, 0.2) is 0 Å². The number of hydrogen-bond donors (Lipinski definition) is 2. The summed E-state index contributed by atoms with van der Waals surface area (Å²) in [6, 6.07) is 17.7. The van der Waals surface area contributed by atoms with Crippen LogP contribution in [0.1, 0.15) is 31.2 Å². The van der Waals surface area contributed by atoms with Crippen molar-refractivity contribution in [2.45, 2.75) is 49.3 Å². The minimum absolute atomic E-state index is 0.0741. The molecule has 0 amide bonds. The van der Waals surface area contributed by atoms with E-state index in [9.17, 15) is 13.2 Å². The van der Waals surface area contributed by atoms with Gasteiger partial charge < -0.3 is 10.1 Å². The third-order valence-electron chi connectivity index (χ3n) is 5.16. The van der Waals surface area contributed by atoms with Gasteiger partial charge in [-0.2, -0.15) is 8.42 Å². The van der Waals surface area contributed by atoms with Crippen LogP contribution in [0.2, 0.25) is 0 Å². The number of carbonyl (C=O) groups is 1. The van der Waals surface area contributed by atoms with Crippen molar-refractivity contribution in [3.63, 3.8) is 0 Å². The molecular formula is C21H25NO5S. The van der Waals surface area contributed by atoms with Crippen LogP contribution in [0.5, 0.6) is 0 Å². The quantitative estimate of drug-likeness (QED) is 0.602. The molecule has 2 aromatic rings. The summed E-state index contributed by atoms with van der Waals surface area (Å²) in [4.78, 5) is 11.9. The van der Waals surface area contributed by atoms with Crippen molar-refractivity contribution in [2.75, 3.05) is 0 Å². The van der Waals surface area contributed by atoms with Crippen LogP contribution < -0.4 is 5.32 Å².